The second-order valence-corrected chi connectivity index (χ2v) is 5.88. The van der Waals surface area contributed by atoms with E-state index in [2.05, 4.69) is 4.74 Å². The maximum atomic E-state index is 13.0. The van der Waals surface area contributed by atoms with Gasteiger partial charge in [0.15, 0.2) is 0 Å². The van der Waals surface area contributed by atoms with Crippen molar-refractivity contribution in [1.29, 1.82) is 0 Å². The van der Waals surface area contributed by atoms with Crippen molar-refractivity contribution in [3.63, 3.8) is 0 Å². The maximum absolute atomic E-state index is 13.0. The van der Waals surface area contributed by atoms with E-state index in [1.807, 2.05) is 4.72 Å². The van der Waals surface area contributed by atoms with Crippen molar-refractivity contribution in [3.05, 3.63) is 29.6 Å². The molecule has 9 heteroatoms. The molecule has 1 aromatic rings. The third kappa shape index (κ3) is 4.50. The Morgan fingerprint density at radius 3 is 2.52 bits per heavy atom. The van der Waals surface area contributed by atoms with E-state index in [4.69, 9.17) is 5.11 Å². The molecule has 0 saturated carbocycles. The molecule has 2 N–H and O–H groups in total. The van der Waals surface area contributed by atoms with Crippen molar-refractivity contribution < 1.29 is 32.2 Å². The van der Waals surface area contributed by atoms with Gasteiger partial charge in [-0.2, -0.15) is 4.72 Å². The van der Waals surface area contributed by atoms with Gasteiger partial charge in [-0.05, 0) is 30.7 Å². The third-order valence-corrected chi connectivity index (χ3v) is 4.25. The number of hydrogen-bond donors (Lipinski definition) is 2. The number of methoxy groups -OCH3 is 1. The van der Waals surface area contributed by atoms with Crippen LogP contribution in [0.1, 0.15) is 12.0 Å². The van der Waals surface area contributed by atoms with E-state index in [0.29, 0.717) is 0 Å². The summed E-state index contributed by atoms with van der Waals surface area (Å²) < 4.78 is 43.4. The minimum absolute atomic E-state index is 0.115. The Morgan fingerprint density at radius 1 is 1.43 bits per heavy atom. The molecule has 0 unspecified atom stereocenters. The molecule has 1 rings (SSSR count). The van der Waals surface area contributed by atoms with Crippen LogP contribution in [-0.4, -0.2) is 38.6 Å². The number of sulfonamides is 1. The lowest BCUT2D eigenvalue weighted by atomic mass is 10.2. The summed E-state index contributed by atoms with van der Waals surface area (Å²) in [6.45, 7) is 1.37. The van der Waals surface area contributed by atoms with Crippen molar-refractivity contribution in [2.45, 2.75) is 24.3 Å². The molecule has 1 atom stereocenters. The number of carboxylic acid groups (broad SMARTS) is 1. The molecular formula is C12H14FNO6S. The summed E-state index contributed by atoms with van der Waals surface area (Å²) in [6, 6.07) is 1.29. The van der Waals surface area contributed by atoms with Gasteiger partial charge in [-0.25, -0.2) is 12.8 Å². The molecule has 0 aliphatic carbocycles. The predicted molar refractivity (Wildman–Crippen MR) is 69.5 cm³/mol. The maximum Gasteiger partial charge on any atom is 0.322 e. The average molecular weight is 319 g/mol. The molecule has 0 saturated heterocycles. The monoisotopic (exact) mass is 319 g/mol. The number of benzene rings is 1. The quantitative estimate of drug-likeness (QED) is 0.736. The third-order valence-electron chi connectivity index (χ3n) is 2.62. The summed E-state index contributed by atoms with van der Waals surface area (Å²) in [5.41, 5.74) is 0.115. The van der Waals surface area contributed by atoms with Crippen LogP contribution in [0.4, 0.5) is 4.39 Å². The van der Waals surface area contributed by atoms with Gasteiger partial charge in [0.2, 0.25) is 10.0 Å². The van der Waals surface area contributed by atoms with Gasteiger partial charge in [0.05, 0.1) is 18.4 Å². The number of nitrogens with one attached hydrogen (secondary N) is 1. The van der Waals surface area contributed by atoms with Crippen molar-refractivity contribution >= 4 is 22.0 Å². The van der Waals surface area contributed by atoms with Crippen molar-refractivity contribution in [1.82, 2.24) is 4.72 Å². The minimum Gasteiger partial charge on any atom is -0.480 e. The highest BCUT2D eigenvalue weighted by atomic mass is 32.2. The second-order valence-electron chi connectivity index (χ2n) is 4.20. The molecule has 116 valence electrons. The number of carboxylic acids is 1. The first kappa shape index (κ1) is 17.1. The molecule has 0 bridgehead atoms. The zero-order valence-electron chi connectivity index (χ0n) is 11.3. The number of carbonyl (C=O) groups is 2. The molecule has 0 radical (unpaired) electrons. The Bertz CT molecular complexity index is 658. The Labute approximate surface area is 120 Å². The van der Waals surface area contributed by atoms with Crippen molar-refractivity contribution in [3.8, 4) is 0 Å². The van der Waals surface area contributed by atoms with E-state index in [1.54, 1.807) is 0 Å². The number of rotatable bonds is 6. The topological polar surface area (TPSA) is 110 Å². The average Bonchev–Trinajstić information content (AvgIpc) is 2.36. The second kappa shape index (κ2) is 6.64. The highest BCUT2D eigenvalue weighted by molar-refractivity contribution is 7.89. The van der Waals surface area contributed by atoms with Gasteiger partial charge in [0, 0.05) is 0 Å². The van der Waals surface area contributed by atoms with Crippen LogP contribution < -0.4 is 4.72 Å². The molecular weight excluding hydrogens is 305 g/mol. The number of hydrogen-bond acceptors (Lipinski definition) is 5. The highest BCUT2D eigenvalue weighted by Crippen LogP contribution is 2.16. The SMILES string of the molecule is COC(=O)C[C@H](NS(=O)(=O)c1ccc(F)cc1C)C(=O)O. The van der Waals surface area contributed by atoms with Crippen LogP contribution in [0.25, 0.3) is 0 Å². The molecule has 7 nitrogen and oxygen atoms in total. The van der Waals surface area contributed by atoms with E-state index in [0.717, 1.165) is 25.3 Å². The summed E-state index contributed by atoms with van der Waals surface area (Å²) in [4.78, 5) is 21.8. The Morgan fingerprint density at radius 2 is 2.05 bits per heavy atom. The summed E-state index contributed by atoms with van der Waals surface area (Å²) in [5.74, 6) is -3.01. The lowest BCUT2D eigenvalue weighted by Gasteiger charge is -2.15. The first-order valence-corrected chi connectivity index (χ1v) is 7.24. The van der Waals surface area contributed by atoms with Gasteiger partial charge in [0.25, 0.3) is 0 Å². The van der Waals surface area contributed by atoms with E-state index in [1.165, 1.54) is 6.92 Å². The lowest BCUT2D eigenvalue weighted by Crippen LogP contribution is -2.42. The zero-order chi connectivity index (χ0) is 16.2. The molecule has 0 aromatic heterocycles. The van der Waals surface area contributed by atoms with E-state index in [9.17, 15) is 22.4 Å². The predicted octanol–water partition coefficient (Wildman–Crippen LogP) is 0.429. The first-order valence-electron chi connectivity index (χ1n) is 5.75. The summed E-state index contributed by atoms with van der Waals surface area (Å²) >= 11 is 0. The van der Waals surface area contributed by atoms with Crippen LogP contribution in [0.15, 0.2) is 23.1 Å². The Hall–Kier alpha value is -2.00. The number of esters is 1. The van der Waals surface area contributed by atoms with Gasteiger partial charge in [-0.3, -0.25) is 9.59 Å². The molecule has 0 heterocycles. The van der Waals surface area contributed by atoms with Gasteiger partial charge >= 0.3 is 11.9 Å². The highest BCUT2D eigenvalue weighted by Gasteiger charge is 2.28. The zero-order valence-corrected chi connectivity index (χ0v) is 12.1. The van der Waals surface area contributed by atoms with Crippen molar-refractivity contribution in [2.24, 2.45) is 0 Å². The van der Waals surface area contributed by atoms with Gasteiger partial charge in [0.1, 0.15) is 11.9 Å². The first-order chi connectivity index (χ1) is 9.67. The number of ether oxygens (including phenoxy) is 1. The fourth-order valence-corrected chi connectivity index (χ4v) is 3.01. The summed E-state index contributed by atoms with van der Waals surface area (Å²) in [5, 5.41) is 8.95. The summed E-state index contributed by atoms with van der Waals surface area (Å²) in [7, 11) is -3.16. The van der Waals surface area contributed by atoms with E-state index >= 15 is 0 Å². The Balaban J connectivity index is 3.06. The van der Waals surface area contributed by atoms with Crippen LogP contribution in [0, 0.1) is 12.7 Å². The summed E-state index contributed by atoms with van der Waals surface area (Å²) in [6.07, 6.45) is -0.661. The minimum atomic E-state index is -4.21. The van der Waals surface area contributed by atoms with Crippen LogP contribution in [0.5, 0.6) is 0 Å². The van der Waals surface area contributed by atoms with Crippen LogP contribution in [-0.2, 0) is 24.3 Å². The van der Waals surface area contributed by atoms with Gasteiger partial charge in [-0.15, -0.1) is 0 Å². The number of carbonyl (C=O) groups excluding carboxylic acids is 1. The van der Waals surface area contributed by atoms with Crippen LogP contribution in [0.2, 0.25) is 0 Å². The fourth-order valence-electron chi connectivity index (χ4n) is 1.59. The standard InChI is InChI=1S/C12H14FNO6S/c1-7-5-8(13)3-4-10(7)21(18,19)14-9(12(16)17)6-11(15)20-2/h3-5,9,14H,6H2,1-2H3,(H,16,17)/t9-/m0/s1. The number of aliphatic carboxylic acids is 1. The Kier molecular flexibility index (Phi) is 5.39. The van der Waals surface area contributed by atoms with Gasteiger partial charge < -0.3 is 9.84 Å². The lowest BCUT2D eigenvalue weighted by molar-refractivity contribution is -0.147. The van der Waals surface area contributed by atoms with E-state index < -0.39 is 40.2 Å². The van der Waals surface area contributed by atoms with Crippen LogP contribution in [0.3, 0.4) is 0 Å². The van der Waals surface area contributed by atoms with Gasteiger partial charge in [-0.1, -0.05) is 0 Å². The molecule has 0 aliphatic heterocycles. The molecule has 1 aromatic carbocycles. The largest absolute Gasteiger partial charge is 0.480 e. The number of halogens is 1. The molecule has 0 aliphatic rings. The fraction of sp³-hybridized carbons (Fsp3) is 0.333. The van der Waals surface area contributed by atoms with E-state index in [-0.39, 0.29) is 10.5 Å². The molecule has 0 amide bonds. The molecule has 0 spiro atoms. The van der Waals surface area contributed by atoms with Crippen molar-refractivity contribution in [2.75, 3.05) is 7.11 Å². The number of aryl methyl sites for hydroxylation is 1. The van der Waals surface area contributed by atoms with Crippen LogP contribution >= 0.6 is 0 Å². The molecule has 0 fully saturated rings. The normalized spacial score (nSPS) is 12.7. The molecule has 21 heavy (non-hydrogen) atoms. The smallest absolute Gasteiger partial charge is 0.322 e.